The third kappa shape index (κ3) is 1.59. The number of hydrogen-bond acceptors (Lipinski definition) is 3. The lowest BCUT2D eigenvalue weighted by atomic mass is 9.64. The molecule has 1 heterocycles. The Morgan fingerprint density at radius 1 is 0.897 bits per heavy atom. The Hall–Kier alpha value is -3.46. The van der Waals surface area contributed by atoms with Gasteiger partial charge >= 0.3 is 5.97 Å². The lowest BCUT2D eigenvalue weighted by Crippen LogP contribution is -2.52. The topological polar surface area (TPSA) is 43.4 Å². The summed E-state index contributed by atoms with van der Waals surface area (Å²) in [4.78, 5) is 26.8. The molecule has 1 spiro atoms. The lowest BCUT2D eigenvalue weighted by molar-refractivity contribution is -0.145. The van der Waals surface area contributed by atoms with E-state index in [0.717, 1.165) is 27.8 Å². The van der Waals surface area contributed by atoms with E-state index >= 15 is 0 Å². The lowest BCUT2D eigenvalue weighted by Gasteiger charge is -2.39. The molecule has 3 aromatic rings. The molecule has 0 N–H and O–H groups in total. The van der Waals surface area contributed by atoms with E-state index in [-0.39, 0.29) is 5.78 Å². The van der Waals surface area contributed by atoms with Crippen molar-refractivity contribution in [2.24, 2.45) is 0 Å². The van der Waals surface area contributed by atoms with Gasteiger partial charge in [-0.05, 0) is 29.2 Å². The van der Waals surface area contributed by atoms with E-state index in [0.29, 0.717) is 11.1 Å². The molecule has 3 aliphatic rings. The van der Waals surface area contributed by atoms with Crippen molar-refractivity contribution in [1.82, 2.24) is 0 Å². The van der Waals surface area contributed by atoms with Crippen LogP contribution in [0.15, 0.2) is 84.9 Å². The van der Waals surface area contributed by atoms with Crippen molar-refractivity contribution < 1.29 is 14.3 Å². The molecule has 3 aromatic carbocycles. The third-order valence-corrected chi connectivity index (χ3v) is 6.87. The van der Waals surface area contributed by atoms with Gasteiger partial charge in [-0.15, -0.1) is 0 Å². The van der Waals surface area contributed by atoms with Crippen molar-refractivity contribution in [3.63, 3.8) is 0 Å². The highest BCUT2D eigenvalue weighted by atomic mass is 16.6. The zero-order chi connectivity index (χ0) is 20.0. The fourth-order valence-corrected chi connectivity index (χ4v) is 5.89. The first-order valence-corrected chi connectivity index (χ1v) is 9.76. The van der Waals surface area contributed by atoms with Gasteiger partial charge in [-0.2, -0.15) is 0 Å². The Morgan fingerprint density at radius 2 is 1.62 bits per heavy atom. The van der Waals surface area contributed by atoms with Gasteiger partial charge < -0.3 is 4.74 Å². The summed E-state index contributed by atoms with van der Waals surface area (Å²) in [6, 6.07) is 23.8. The smallest absolute Gasteiger partial charge is 0.335 e. The van der Waals surface area contributed by atoms with E-state index in [9.17, 15) is 9.59 Å². The Kier molecular flexibility index (Phi) is 2.91. The van der Waals surface area contributed by atoms with Gasteiger partial charge in [-0.3, -0.25) is 4.79 Å². The summed E-state index contributed by atoms with van der Waals surface area (Å²) in [5, 5.41) is 0. The van der Waals surface area contributed by atoms with Crippen LogP contribution >= 0.6 is 0 Å². The first kappa shape index (κ1) is 16.5. The zero-order valence-electron chi connectivity index (χ0n) is 15.9. The maximum atomic E-state index is 14.0. The fraction of sp³-hybridized carbons (Fsp3) is 0.154. The molecule has 0 aromatic heterocycles. The molecule has 0 amide bonds. The van der Waals surface area contributed by atoms with Gasteiger partial charge in [0.15, 0.2) is 0 Å². The minimum Gasteiger partial charge on any atom is -0.445 e. The Morgan fingerprint density at radius 3 is 2.41 bits per heavy atom. The standard InChI is InChI=1S/C26H18O3/c1-15-12-13-18-21(14-15)25(17-8-4-3-5-9-17)20-11-7-6-10-19(20)23(27)26(25)22(18)16(2)24(28)29-26/h3-14,22H,2H2,1H3/t22?,25-,26+/m1/s1. The summed E-state index contributed by atoms with van der Waals surface area (Å²) >= 11 is 0. The van der Waals surface area contributed by atoms with Gasteiger partial charge in [-0.25, -0.2) is 4.79 Å². The molecular weight excluding hydrogens is 360 g/mol. The first-order valence-electron chi connectivity index (χ1n) is 9.76. The molecule has 0 bridgehead atoms. The van der Waals surface area contributed by atoms with Crippen LogP contribution < -0.4 is 0 Å². The van der Waals surface area contributed by atoms with E-state index in [1.54, 1.807) is 0 Å². The van der Waals surface area contributed by atoms with Gasteiger partial charge in [0.2, 0.25) is 11.4 Å². The minimum atomic E-state index is -1.36. The SMILES string of the molecule is C=C1C(=O)O[C@@]23C(=O)c4ccccc4[C@]2(c2ccccc2)c2cc(C)ccc2C13. The highest BCUT2D eigenvalue weighted by Gasteiger charge is 2.78. The van der Waals surface area contributed by atoms with Gasteiger partial charge in [0, 0.05) is 11.1 Å². The van der Waals surface area contributed by atoms with Crippen molar-refractivity contribution in [3.8, 4) is 0 Å². The summed E-state index contributed by atoms with van der Waals surface area (Å²) in [5.74, 6) is -1.11. The van der Waals surface area contributed by atoms with Gasteiger partial charge in [0.1, 0.15) is 0 Å². The largest absolute Gasteiger partial charge is 0.445 e. The fourth-order valence-electron chi connectivity index (χ4n) is 5.89. The van der Waals surface area contributed by atoms with E-state index < -0.39 is 22.9 Å². The van der Waals surface area contributed by atoms with Crippen molar-refractivity contribution in [3.05, 3.63) is 118 Å². The van der Waals surface area contributed by atoms with E-state index in [1.165, 1.54) is 0 Å². The van der Waals surface area contributed by atoms with E-state index in [2.05, 4.69) is 12.6 Å². The van der Waals surface area contributed by atoms with E-state index in [4.69, 9.17) is 4.74 Å². The van der Waals surface area contributed by atoms with Crippen LogP contribution in [-0.2, 0) is 14.9 Å². The van der Waals surface area contributed by atoms with Crippen LogP contribution in [-0.4, -0.2) is 17.4 Å². The summed E-state index contributed by atoms with van der Waals surface area (Å²) in [6.07, 6.45) is 0. The van der Waals surface area contributed by atoms with Crippen LogP contribution in [0, 0.1) is 6.92 Å². The van der Waals surface area contributed by atoms with Crippen molar-refractivity contribution >= 4 is 11.8 Å². The number of fused-ring (bicyclic) bond motifs is 5. The quantitative estimate of drug-likeness (QED) is 0.463. The first-order chi connectivity index (χ1) is 14.0. The molecule has 6 rings (SSSR count). The van der Waals surface area contributed by atoms with E-state index in [1.807, 2.05) is 73.7 Å². The number of benzene rings is 3. The Bertz CT molecular complexity index is 1260. The Balaban J connectivity index is 1.87. The molecule has 140 valence electrons. The summed E-state index contributed by atoms with van der Waals surface area (Å²) in [6.45, 7) is 6.09. The van der Waals surface area contributed by atoms with Crippen LogP contribution in [0.4, 0.5) is 0 Å². The average molecular weight is 378 g/mol. The number of hydrogen-bond donors (Lipinski definition) is 0. The molecule has 0 saturated carbocycles. The molecule has 1 saturated heterocycles. The van der Waals surface area contributed by atoms with Gasteiger partial charge in [-0.1, -0.05) is 84.9 Å². The predicted octanol–water partition coefficient (Wildman–Crippen LogP) is 4.47. The molecular formula is C26H18O3. The average Bonchev–Trinajstić information content (AvgIpc) is 3.23. The highest BCUT2D eigenvalue weighted by Crippen LogP contribution is 2.70. The summed E-state index contributed by atoms with van der Waals surface area (Å²) < 4.78 is 6.10. The Labute approximate surface area is 168 Å². The van der Waals surface area contributed by atoms with Gasteiger partial charge in [0.05, 0.1) is 11.3 Å². The van der Waals surface area contributed by atoms with Crippen LogP contribution in [0.25, 0.3) is 0 Å². The van der Waals surface area contributed by atoms with Crippen molar-refractivity contribution in [2.75, 3.05) is 0 Å². The molecule has 3 heteroatoms. The zero-order valence-corrected chi connectivity index (χ0v) is 15.9. The molecule has 29 heavy (non-hydrogen) atoms. The van der Waals surface area contributed by atoms with Crippen LogP contribution in [0.2, 0.25) is 0 Å². The molecule has 2 aliphatic carbocycles. The number of esters is 1. The molecule has 0 radical (unpaired) electrons. The second-order valence-electron chi connectivity index (χ2n) is 8.16. The molecule has 1 aliphatic heterocycles. The highest BCUT2D eigenvalue weighted by molar-refractivity contribution is 6.17. The van der Waals surface area contributed by atoms with Crippen molar-refractivity contribution in [1.29, 1.82) is 0 Å². The number of ketones is 1. The van der Waals surface area contributed by atoms with Crippen LogP contribution in [0.3, 0.4) is 0 Å². The van der Waals surface area contributed by atoms with Crippen molar-refractivity contribution in [2.45, 2.75) is 23.9 Å². The minimum absolute atomic E-state index is 0.136. The summed E-state index contributed by atoms with van der Waals surface area (Å²) in [7, 11) is 0. The number of rotatable bonds is 1. The normalized spacial score (nSPS) is 28.6. The molecule has 3 nitrogen and oxygen atoms in total. The maximum Gasteiger partial charge on any atom is 0.335 e. The molecule has 1 unspecified atom stereocenters. The summed E-state index contributed by atoms with van der Waals surface area (Å²) in [5.41, 5.74) is 3.67. The second-order valence-corrected chi connectivity index (χ2v) is 8.16. The van der Waals surface area contributed by atoms with Crippen LogP contribution in [0.1, 0.15) is 44.1 Å². The number of aryl methyl sites for hydroxylation is 1. The number of carbonyl (C=O) groups excluding carboxylic acids is 2. The maximum absolute atomic E-state index is 14.0. The second kappa shape index (κ2) is 5.12. The number of carbonyl (C=O) groups is 2. The number of Topliss-reactive ketones (excluding diaryl/α,β-unsaturated/α-hetero) is 1. The molecule has 3 atom stereocenters. The third-order valence-electron chi connectivity index (χ3n) is 6.87. The van der Waals surface area contributed by atoms with Crippen LogP contribution in [0.5, 0.6) is 0 Å². The van der Waals surface area contributed by atoms with Gasteiger partial charge in [0.25, 0.3) is 0 Å². The number of ether oxygens (including phenoxy) is 1. The molecule has 1 fully saturated rings. The monoisotopic (exact) mass is 378 g/mol. The predicted molar refractivity (Wildman–Crippen MR) is 109 cm³/mol.